The van der Waals surface area contributed by atoms with E-state index in [2.05, 4.69) is 36.2 Å². The molecule has 0 fully saturated rings. The number of nitrogens with one attached hydrogen (secondary N) is 4. The molecule has 274 valence electrons. The number of hydrogen-bond acceptors (Lipinski definition) is 10. The van der Waals surface area contributed by atoms with Gasteiger partial charge in [-0.2, -0.15) is 0 Å². The summed E-state index contributed by atoms with van der Waals surface area (Å²) in [5.41, 5.74) is 23.2. The summed E-state index contributed by atoms with van der Waals surface area (Å²) in [6.07, 6.45) is 22.5. The maximum absolute atomic E-state index is 12.0. The quantitative estimate of drug-likeness (QED) is 0.0355. The molecule has 0 aliphatic heterocycles. The molecule has 3 heterocycles. The van der Waals surface area contributed by atoms with Gasteiger partial charge in [0.15, 0.2) is 0 Å². The highest BCUT2D eigenvalue weighted by Crippen LogP contribution is 2.18. The van der Waals surface area contributed by atoms with Gasteiger partial charge in [-0.3, -0.25) is 14.6 Å². The van der Waals surface area contributed by atoms with E-state index >= 15 is 0 Å². The molecule has 0 aliphatic rings. The van der Waals surface area contributed by atoms with E-state index in [0.717, 1.165) is 33.9 Å². The molecule has 5 rings (SSSR count). The molecule has 10 N–H and O–H groups in total. The fourth-order valence-corrected chi connectivity index (χ4v) is 4.48. The molecule has 12 heteroatoms. The molecular formula is C42H44N10O2. The van der Waals surface area contributed by atoms with Crippen LogP contribution in [0.3, 0.4) is 0 Å². The average molecular weight is 721 g/mol. The third kappa shape index (κ3) is 14.0. The van der Waals surface area contributed by atoms with Gasteiger partial charge in [0.05, 0.1) is 22.7 Å². The first-order valence-corrected chi connectivity index (χ1v) is 17.0. The minimum absolute atomic E-state index is 0.247. The maximum atomic E-state index is 12.0. The summed E-state index contributed by atoms with van der Waals surface area (Å²) < 4.78 is 0. The number of anilines is 6. The van der Waals surface area contributed by atoms with Crippen molar-refractivity contribution >= 4 is 58.4 Å². The minimum Gasteiger partial charge on any atom is -0.404 e. The van der Waals surface area contributed by atoms with Crippen LogP contribution in [0.5, 0.6) is 0 Å². The van der Waals surface area contributed by atoms with Gasteiger partial charge >= 0.3 is 0 Å². The van der Waals surface area contributed by atoms with Crippen LogP contribution < -0.4 is 38.5 Å². The molecule has 0 unspecified atom stereocenters. The van der Waals surface area contributed by atoms with Gasteiger partial charge in [0, 0.05) is 50.0 Å². The second kappa shape index (κ2) is 21.7. The molecule has 2 amide bonds. The summed E-state index contributed by atoms with van der Waals surface area (Å²) in [4.78, 5) is 36.6. The van der Waals surface area contributed by atoms with Crippen molar-refractivity contribution in [2.75, 3.05) is 39.3 Å². The smallest absolute Gasteiger partial charge is 0.248 e. The van der Waals surface area contributed by atoms with Crippen LogP contribution in [0.1, 0.15) is 23.6 Å². The molecule has 12 nitrogen and oxygen atoms in total. The molecule has 2 aromatic carbocycles. The highest BCUT2D eigenvalue weighted by molar-refractivity contribution is 6.04. The summed E-state index contributed by atoms with van der Waals surface area (Å²) in [7, 11) is 0. The van der Waals surface area contributed by atoms with E-state index in [0.29, 0.717) is 35.8 Å². The normalized spacial score (nSPS) is 11.4. The average Bonchev–Trinajstić information content (AvgIpc) is 3.20. The van der Waals surface area contributed by atoms with Gasteiger partial charge in [-0.05, 0) is 108 Å². The second-order valence-electron chi connectivity index (χ2n) is 11.5. The van der Waals surface area contributed by atoms with E-state index in [-0.39, 0.29) is 11.8 Å². The fraction of sp³-hybridized carbons (Fsp3) is 0.0714. The van der Waals surface area contributed by atoms with Gasteiger partial charge < -0.3 is 38.5 Å². The Morgan fingerprint density at radius 1 is 0.667 bits per heavy atom. The van der Waals surface area contributed by atoms with Crippen molar-refractivity contribution in [1.82, 2.24) is 15.0 Å². The Morgan fingerprint density at radius 2 is 1.20 bits per heavy atom. The van der Waals surface area contributed by atoms with E-state index in [1.54, 1.807) is 67.4 Å². The van der Waals surface area contributed by atoms with Crippen LogP contribution in [0.15, 0.2) is 158 Å². The van der Waals surface area contributed by atoms with Crippen LogP contribution in [-0.4, -0.2) is 33.3 Å². The molecule has 0 bridgehead atoms. The predicted molar refractivity (Wildman–Crippen MR) is 222 cm³/mol. The zero-order valence-electron chi connectivity index (χ0n) is 29.9. The predicted octanol–water partition coefficient (Wildman–Crippen LogP) is 7.03. The number of amides is 2. The van der Waals surface area contributed by atoms with Crippen molar-refractivity contribution in [2.24, 2.45) is 5.73 Å². The number of hydrogen-bond donors (Lipinski definition) is 7. The maximum Gasteiger partial charge on any atom is 0.248 e. The van der Waals surface area contributed by atoms with Crippen LogP contribution >= 0.6 is 0 Å². The second-order valence-corrected chi connectivity index (χ2v) is 11.5. The molecule has 5 aromatic rings. The van der Waals surface area contributed by atoms with Crippen molar-refractivity contribution in [3.8, 4) is 0 Å². The summed E-state index contributed by atoms with van der Waals surface area (Å²) in [6, 6.07) is 25.6. The highest BCUT2D eigenvalue weighted by Gasteiger charge is 2.03. The number of carbonyl (C=O) groups excluding carboxylic acids is 2. The SMILES string of the molecule is C/C=C/C=C\C(=C/N)CNc1ccc(/C=C/C(=O)Nc2ccccc2N)cn1.Nc1ccccc1NC(=O)/C=C/c1ccc(NCc2ccncc2)nc1. The monoisotopic (exact) mass is 720 g/mol. The van der Waals surface area contributed by atoms with Crippen molar-refractivity contribution in [2.45, 2.75) is 13.5 Å². The van der Waals surface area contributed by atoms with Gasteiger partial charge in [-0.25, -0.2) is 9.97 Å². The van der Waals surface area contributed by atoms with Gasteiger partial charge in [-0.15, -0.1) is 0 Å². The number of pyridine rings is 3. The van der Waals surface area contributed by atoms with Crippen molar-refractivity contribution in [1.29, 1.82) is 0 Å². The lowest BCUT2D eigenvalue weighted by molar-refractivity contribution is -0.112. The number of allylic oxidation sites excluding steroid dienone is 3. The first-order valence-electron chi connectivity index (χ1n) is 17.0. The third-order valence-electron chi connectivity index (χ3n) is 7.39. The number of rotatable bonds is 14. The number of benzene rings is 2. The molecule has 3 aromatic heterocycles. The molecule has 0 atom stereocenters. The molecule has 0 aliphatic carbocycles. The first kappa shape index (κ1) is 39.3. The number of carbonyl (C=O) groups is 2. The number of para-hydroxylation sites is 4. The van der Waals surface area contributed by atoms with E-state index in [1.807, 2.05) is 91.9 Å². The molecule has 0 saturated heterocycles. The molecule has 54 heavy (non-hydrogen) atoms. The number of nitrogen functional groups attached to an aromatic ring is 2. The van der Waals surface area contributed by atoms with Crippen LogP contribution in [-0.2, 0) is 16.1 Å². The van der Waals surface area contributed by atoms with Gasteiger partial charge in [0.1, 0.15) is 11.6 Å². The highest BCUT2D eigenvalue weighted by atomic mass is 16.2. The van der Waals surface area contributed by atoms with Crippen molar-refractivity contribution in [3.63, 3.8) is 0 Å². The molecule has 0 spiro atoms. The minimum atomic E-state index is -0.259. The van der Waals surface area contributed by atoms with Crippen LogP contribution in [0.25, 0.3) is 12.2 Å². The van der Waals surface area contributed by atoms with Gasteiger partial charge in [0.25, 0.3) is 0 Å². The lowest BCUT2D eigenvalue weighted by Crippen LogP contribution is -2.09. The van der Waals surface area contributed by atoms with Crippen LogP contribution in [0.4, 0.5) is 34.4 Å². The van der Waals surface area contributed by atoms with Gasteiger partial charge in [-0.1, -0.05) is 48.6 Å². The Labute approximate surface area is 315 Å². The van der Waals surface area contributed by atoms with Crippen molar-refractivity contribution < 1.29 is 9.59 Å². The van der Waals surface area contributed by atoms with E-state index in [9.17, 15) is 9.59 Å². The van der Waals surface area contributed by atoms with Crippen LogP contribution in [0, 0.1) is 0 Å². The zero-order chi connectivity index (χ0) is 38.4. The molecule has 0 radical (unpaired) electrons. The Bertz CT molecular complexity index is 2090. The Kier molecular flexibility index (Phi) is 15.8. The molecule has 0 saturated carbocycles. The zero-order valence-corrected chi connectivity index (χ0v) is 29.9. The van der Waals surface area contributed by atoms with Gasteiger partial charge in [0.2, 0.25) is 11.8 Å². The van der Waals surface area contributed by atoms with E-state index in [4.69, 9.17) is 17.2 Å². The Balaban J connectivity index is 0.000000241. The topological polar surface area (TPSA) is 199 Å². The lowest BCUT2D eigenvalue weighted by Gasteiger charge is -2.06. The van der Waals surface area contributed by atoms with E-state index in [1.165, 1.54) is 12.2 Å². The lowest BCUT2D eigenvalue weighted by atomic mass is 10.2. The summed E-state index contributed by atoms with van der Waals surface area (Å²) >= 11 is 0. The third-order valence-corrected chi connectivity index (χ3v) is 7.39. The van der Waals surface area contributed by atoms with E-state index < -0.39 is 0 Å². The first-order chi connectivity index (χ1) is 26.3. The largest absolute Gasteiger partial charge is 0.404 e. The number of aromatic nitrogens is 3. The van der Waals surface area contributed by atoms with Crippen molar-refractivity contribution in [3.05, 3.63) is 175 Å². The summed E-state index contributed by atoms with van der Waals surface area (Å²) in [5, 5.41) is 11.9. The summed E-state index contributed by atoms with van der Waals surface area (Å²) in [5.74, 6) is 0.978. The number of nitrogens with two attached hydrogens (primary N) is 3. The Morgan fingerprint density at radius 3 is 1.69 bits per heavy atom. The van der Waals surface area contributed by atoms with Crippen LogP contribution in [0.2, 0.25) is 0 Å². The standard InChI is InChI=1S/C22H25N5O.C20H19N5O/c1-2-3-4-7-18(14-23)16-26-21-12-10-17(15-25-21)11-13-22(28)27-20-9-6-5-8-19(20)24;21-17-3-1-2-4-18(17)25-20(26)8-6-15-5-7-19(23-13-15)24-14-16-9-11-22-12-10-16/h2-15H,16,23-24H2,1H3,(H,25,26)(H,27,28);1-13H,14,21H2,(H,23,24)(H,25,26)/b3-2+,7-4-,13-11+,18-14+;8-6+. The Hall–Kier alpha value is -7.47. The fourth-order valence-electron chi connectivity index (χ4n) is 4.48. The number of nitrogens with zero attached hydrogens (tertiary/aromatic N) is 3. The summed E-state index contributed by atoms with van der Waals surface area (Å²) in [6.45, 7) is 3.19. The molecular weight excluding hydrogens is 677 g/mol.